The fourth-order valence-corrected chi connectivity index (χ4v) is 2.59. The first kappa shape index (κ1) is 19.6. The molecule has 0 bridgehead atoms. The maximum absolute atomic E-state index is 12.6. The molecule has 2 amide bonds. The Balaban J connectivity index is 2.16. The summed E-state index contributed by atoms with van der Waals surface area (Å²) in [5.41, 5.74) is 2.17. The second-order valence-corrected chi connectivity index (χ2v) is 7.27. The molecule has 0 saturated heterocycles. The highest BCUT2D eigenvalue weighted by molar-refractivity contribution is 6.04. The molecular weight excluding hydrogens is 326 g/mol. The van der Waals surface area contributed by atoms with Crippen molar-refractivity contribution in [2.75, 3.05) is 11.9 Å². The van der Waals surface area contributed by atoms with E-state index in [1.165, 1.54) is 0 Å². The Labute approximate surface area is 155 Å². The summed E-state index contributed by atoms with van der Waals surface area (Å²) in [4.78, 5) is 29.0. The Morgan fingerprint density at radius 3 is 2.27 bits per heavy atom. The summed E-state index contributed by atoms with van der Waals surface area (Å²) in [5, 5.41) is 5.73. The largest absolute Gasteiger partial charge is 0.351 e. The molecule has 0 aliphatic rings. The van der Waals surface area contributed by atoms with Crippen LogP contribution in [0, 0.1) is 0 Å². The third kappa shape index (κ3) is 5.15. The highest BCUT2D eigenvalue weighted by atomic mass is 16.2. The number of amides is 2. The van der Waals surface area contributed by atoms with Crippen LogP contribution in [0.25, 0.3) is 0 Å². The minimum Gasteiger partial charge on any atom is -0.351 e. The fraction of sp³-hybridized carbons (Fsp3) is 0.381. The third-order valence-corrected chi connectivity index (χ3v) is 4.01. The second kappa shape index (κ2) is 8.61. The lowest BCUT2D eigenvalue weighted by atomic mass is 9.86. The van der Waals surface area contributed by atoms with Gasteiger partial charge in [0.15, 0.2) is 0 Å². The number of pyridine rings is 1. The standard InChI is InChI=1S/C21H27N3O2/c1-5-6-14-22-19(25)17-12-9-13-18(23-17)20(26)24-16-11-8-7-10-15(16)21(2,3)4/h7-13H,5-6,14H2,1-4H3,(H,22,25)(H,24,26). The lowest BCUT2D eigenvalue weighted by Gasteiger charge is -2.22. The van der Waals surface area contributed by atoms with Gasteiger partial charge in [-0.15, -0.1) is 0 Å². The van der Waals surface area contributed by atoms with Crippen molar-refractivity contribution in [3.8, 4) is 0 Å². The molecule has 0 aliphatic carbocycles. The van der Waals surface area contributed by atoms with Crippen molar-refractivity contribution in [3.05, 3.63) is 59.4 Å². The molecule has 138 valence electrons. The maximum Gasteiger partial charge on any atom is 0.274 e. The van der Waals surface area contributed by atoms with Crippen molar-refractivity contribution < 1.29 is 9.59 Å². The van der Waals surface area contributed by atoms with Gasteiger partial charge in [-0.25, -0.2) is 4.98 Å². The van der Waals surface area contributed by atoms with E-state index in [9.17, 15) is 9.59 Å². The molecule has 2 aromatic rings. The lowest BCUT2D eigenvalue weighted by Crippen LogP contribution is -2.26. The van der Waals surface area contributed by atoms with Crippen LogP contribution in [0.4, 0.5) is 5.69 Å². The third-order valence-electron chi connectivity index (χ3n) is 4.01. The summed E-state index contributed by atoms with van der Waals surface area (Å²) in [6.07, 6.45) is 1.92. The van der Waals surface area contributed by atoms with Crippen LogP contribution in [0.3, 0.4) is 0 Å². The Morgan fingerprint density at radius 1 is 0.962 bits per heavy atom. The lowest BCUT2D eigenvalue weighted by molar-refractivity contribution is 0.0948. The average molecular weight is 353 g/mol. The van der Waals surface area contributed by atoms with Gasteiger partial charge in [0, 0.05) is 12.2 Å². The molecule has 5 nitrogen and oxygen atoms in total. The molecule has 1 aromatic heterocycles. The molecule has 1 aromatic carbocycles. The Bertz CT molecular complexity index is 779. The summed E-state index contributed by atoms with van der Waals surface area (Å²) in [5.74, 6) is -0.590. The van der Waals surface area contributed by atoms with E-state index < -0.39 is 0 Å². The predicted octanol–water partition coefficient (Wildman–Crippen LogP) is 4.16. The van der Waals surface area contributed by atoms with Crippen molar-refractivity contribution in [2.24, 2.45) is 0 Å². The number of unbranched alkanes of at least 4 members (excludes halogenated alkanes) is 1. The van der Waals surface area contributed by atoms with E-state index >= 15 is 0 Å². The van der Waals surface area contributed by atoms with Gasteiger partial charge in [0.2, 0.25) is 0 Å². The maximum atomic E-state index is 12.6. The van der Waals surface area contributed by atoms with Crippen LogP contribution in [0.2, 0.25) is 0 Å². The van der Waals surface area contributed by atoms with E-state index in [-0.39, 0.29) is 28.6 Å². The van der Waals surface area contributed by atoms with Crippen LogP contribution < -0.4 is 10.6 Å². The molecule has 0 fully saturated rings. The number of anilines is 1. The molecule has 0 spiro atoms. The molecule has 0 radical (unpaired) electrons. The highest BCUT2D eigenvalue weighted by Crippen LogP contribution is 2.29. The molecule has 2 N–H and O–H groups in total. The number of aromatic nitrogens is 1. The van der Waals surface area contributed by atoms with Crippen molar-refractivity contribution in [1.82, 2.24) is 10.3 Å². The first-order valence-corrected chi connectivity index (χ1v) is 8.99. The summed E-state index contributed by atoms with van der Waals surface area (Å²) in [6, 6.07) is 12.6. The van der Waals surface area contributed by atoms with E-state index in [0.717, 1.165) is 24.1 Å². The molecule has 0 atom stereocenters. The van der Waals surface area contributed by atoms with Crippen LogP contribution in [0.15, 0.2) is 42.5 Å². The number of carbonyl (C=O) groups excluding carboxylic acids is 2. The van der Waals surface area contributed by atoms with Gasteiger partial charge < -0.3 is 10.6 Å². The number of nitrogens with zero attached hydrogens (tertiary/aromatic N) is 1. The SMILES string of the molecule is CCCCNC(=O)c1cccc(C(=O)Nc2ccccc2C(C)(C)C)n1. The highest BCUT2D eigenvalue weighted by Gasteiger charge is 2.19. The molecular formula is C21H27N3O2. The smallest absolute Gasteiger partial charge is 0.274 e. The van der Waals surface area contributed by atoms with Gasteiger partial charge in [-0.1, -0.05) is 58.4 Å². The molecule has 26 heavy (non-hydrogen) atoms. The molecule has 0 aliphatic heterocycles. The Hall–Kier alpha value is -2.69. The molecule has 2 rings (SSSR count). The number of hydrogen-bond donors (Lipinski definition) is 2. The van der Waals surface area contributed by atoms with Crippen LogP contribution in [0.1, 0.15) is 67.1 Å². The van der Waals surface area contributed by atoms with Gasteiger partial charge >= 0.3 is 0 Å². The van der Waals surface area contributed by atoms with Crippen LogP contribution >= 0.6 is 0 Å². The van der Waals surface area contributed by atoms with E-state index in [2.05, 4.69) is 43.3 Å². The van der Waals surface area contributed by atoms with Gasteiger partial charge in [-0.05, 0) is 35.6 Å². The number of para-hydroxylation sites is 1. The Kier molecular flexibility index (Phi) is 6.50. The zero-order valence-corrected chi connectivity index (χ0v) is 15.9. The van der Waals surface area contributed by atoms with Gasteiger partial charge in [-0.2, -0.15) is 0 Å². The minimum absolute atomic E-state index is 0.0989. The quantitative estimate of drug-likeness (QED) is 0.766. The van der Waals surface area contributed by atoms with Crippen LogP contribution in [-0.2, 0) is 5.41 Å². The van der Waals surface area contributed by atoms with E-state index in [1.54, 1.807) is 18.2 Å². The number of nitrogens with one attached hydrogen (secondary N) is 2. The summed E-state index contributed by atoms with van der Waals surface area (Å²) in [7, 11) is 0. The van der Waals surface area contributed by atoms with Crippen molar-refractivity contribution in [1.29, 1.82) is 0 Å². The number of rotatable bonds is 6. The topological polar surface area (TPSA) is 71.1 Å². The molecule has 0 saturated carbocycles. The number of carbonyl (C=O) groups is 2. The monoisotopic (exact) mass is 353 g/mol. The average Bonchev–Trinajstić information content (AvgIpc) is 2.61. The summed E-state index contributed by atoms with van der Waals surface area (Å²) < 4.78 is 0. The normalized spacial score (nSPS) is 11.1. The van der Waals surface area contributed by atoms with E-state index in [4.69, 9.17) is 0 Å². The molecule has 5 heteroatoms. The van der Waals surface area contributed by atoms with Crippen molar-refractivity contribution >= 4 is 17.5 Å². The fourth-order valence-electron chi connectivity index (χ4n) is 2.59. The van der Waals surface area contributed by atoms with E-state index in [1.807, 2.05) is 24.3 Å². The second-order valence-electron chi connectivity index (χ2n) is 7.27. The predicted molar refractivity (Wildman–Crippen MR) is 105 cm³/mol. The van der Waals surface area contributed by atoms with Crippen LogP contribution in [0.5, 0.6) is 0 Å². The first-order valence-electron chi connectivity index (χ1n) is 8.99. The number of hydrogen-bond acceptors (Lipinski definition) is 3. The zero-order chi connectivity index (χ0) is 19.2. The van der Waals surface area contributed by atoms with Crippen molar-refractivity contribution in [3.63, 3.8) is 0 Å². The molecule has 1 heterocycles. The summed E-state index contributed by atoms with van der Waals surface area (Å²) >= 11 is 0. The van der Waals surface area contributed by atoms with Gasteiger partial charge in [0.25, 0.3) is 11.8 Å². The van der Waals surface area contributed by atoms with Gasteiger partial charge in [0.05, 0.1) is 0 Å². The van der Waals surface area contributed by atoms with Gasteiger partial charge in [-0.3, -0.25) is 9.59 Å². The van der Waals surface area contributed by atoms with Gasteiger partial charge in [0.1, 0.15) is 11.4 Å². The van der Waals surface area contributed by atoms with Crippen molar-refractivity contribution in [2.45, 2.75) is 46.0 Å². The van der Waals surface area contributed by atoms with Crippen LogP contribution in [-0.4, -0.2) is 23.3 Å². The minimum atomic E-state index is -0.329. The summed E-state index contributed by atoms with van der Waals surface area (Å²) in [6.45, 7) is 8.95. The Morgan fingerprint density at radius 2 is 1.62 bits per heavy atom. The zero-order valence-electron chi connectivity index (χ0n) is 15.9. The number of benzene rings is 1. The van der Waals surface area contributed by atoms with E-state index in [0.29, 0.717) is 6.54 Å². The first-order chi connectivity index (χ1) is 12.3. The molecule has 0 unspecified atom stereocenters.